The Labute approximate surface area is 124 Å². The van der Waals surface area contributed by atoms with Crippen molar-refractivity contribution in [3.8, 4) is 0 Å². The maximum Gasteiger partial charge on any atom is 0.264 e. The Hall–Kier alpha value is -1.75. The molecule has 0 aromatic heterocycles. The van der Waals surface area contributed by atoms with E-state index in [2.05, 4.69) is 27.3 Å². The van der Waals surface area contributed by atoms with Gasteiger partial charge < -0.3 is 4.84 Å². The van der Waals surface area contributed by atoms with Gasteiger partial charge in [-0.25, -0.2) is 8.78 Å². The molecule has 0 unspecified atom stereocenters. The average Bonchev–Trinajstić information content (AvgIpc) is 2.45. The van der Waals surface area contributed by atoms with E-state index in [1.807, 2.05) is 24.3 Å². The second kappa shape index (κ2) is 7.14. The molecule has 2 rings (SSSR count). The van der Waals surface area contributed by atoms with Crippen LogP contribution < -0.4 is 0 Å². The fourth-order valence-corrected chi connectivity index (χ4v) is 1.99. The quantitative estimate of drug-likeness (QED) is 0.566. The molecule has 0 bridgehead atoms. The molecule has 2 aromatic carbocycles. The molecule has 0 spiro atoms. The first-order chi connectivity index (χ1) is 9.68. The number of nitrogens with zero attached hydrogens (tertiary/aromatic N) is 1. The number of alkyl halides is 2. The summed E-state index contributed by atoms with van der Waals surface area (Å²) < 4.78 is 26.3. The molecule has 2 aromatic rings. The Balaban J connectivity index is 1.98. The second-order valence-electron chi connectivity index (χ2n) is 3.96. The normalized spacial score (nSPS) is 11.2. The Kier molecular flexibility index (Phi) is 5.24. The summed E-state index contributed by atoms with van der Waals surface area (Å²) in [5.74, 6) is 0. The van der Waals surface area contributed by atoms with Crippen molar-refractivity contribution in [2.45, 2.75) is 13.0 Å². The minimum absolute atomic E-state index is 0.0159. The van der Waals surface area contributed by atoms with Crippen molar-refractivity contribution in [2.75, 3.05) is 0 Å². The van der Waals surface area contributed by atoms with E-state index in [1.165, 1.54) is 6.07 Å². The molecule has 103 valence electrons. The largest absolute Gasteiger partial charge is 0.390 e. The molecular formula is C15H11BrF2NO. The highest BCUT2D eigenvalue weighted by Gasteiger charge is 2.11. The van der Waals surface area contributed by atoms with Crippen LogP contribution in [0.5, 0.6) is 0 Å². The predicted molar refractivity (Wildman–Crippen MR) is 76.9 cm³/mol. The molecule has 1 radical (unpaired) electrons. The second-order valence-corrected chi connectivity index (χ2v) is 4.81. The van der Waals surface area contributed by atoms with Crippen LogP contribution in [-0.4, -0.2) is 6.21 Å². The van der Waals surface area contributed by atoms with Crippen molar-refractivity contribution in [3.05, 3.63) is 69.7 Å². The molecule has 0 aliphatic carbocycles. The molecule has 0 saturated carbocycles. The molecule has 5 heteroatoms. The van der Waals surface area contributed by atoms with Crippen LogP contribution in [0.3, 0.4) is 0 Å². The van der Waals surface area contributed by atoms with Gasteiger partial charge in [0.05, 0.1) is 0 Å². The molecule has 0 aliphatic rings. The van der Waals surface area contributed by atoms with Crippen molar-refractivity contribution < 1.29 is 13.6 Å². The Morgan fingerprint density at radius 1 is 1.10 bits per heavy atom. The maximum absolute atomic E-state index is 12.7. The van der Waals surface area contributed by atoms with E-state index in [9.17, 15) is 8.78 Å². The summed E-state index contributed by atoms with van der Waals surface area (Å²) in [6.07, 6.45) is 0.178. The Bertz CT molecular complexity index is 602. The third-order valence-corrected chi connectivity index (χ3v) is 3.31. The van der Waals surface area contributed by atoms with E-state index in [0.717, 1.165) is 10.0 Å². The lowest BCUT2D eigenvalue weighted by atomic mass is 10.1. The van der Waals surface area contributed by atoms with Crippen LogP contribution in [0.25, 0.3) is 0 Å². The van der Waals surface area contributed by atoms with E-state index < -0.39 is 6.43 Å². The highest BCUT2D eigenvalue weighted by atomic mass is 79.9. The van der Waals surface area contributed by atoms with Crippen LogP contribution >= 0.6 is 15.9 Å². The van der Waals surface area contributed by atoms with Gasteiger partial charge in [0.2, 0.25) is 0 Å². The fraction of sp³-hybridized carbons (Fsp3) is 0.133. The summed E-state index contributed by atoms with van der Waals surface area (Å²) in [4.78, 5) is 5.03. The van der Waals surface area contributed by atoms with Gasteiger partial charge in [0, 0.05) is 21.2 Å². The molecule has 0 heterocycles. The van der Waals surface area contributed by atoms with Gasteiger partial charge in [-0.2, -0.15) is 0 Å². The minimum Gasteiger partial charge on any atom is -0.390 e. The van der Waals surface area contributed by atoms with E-state index >= 15 is 0 Å². The first kappa shape index (κ1) is 14.7. The van der Waals surface area contributed by atoms with Crippen molar-refractivity contribution in [1.82, 2.24) is 0 Å². The highest BCUT2D eigenvalue weighted by molar-refractivity contribution is 9.10. The van der Waals surface area contributed by atoms with Gasteiger partial charge >= 0.3 is 0 Å². The van der Waals surface area contributed by atoms with Crippen LogP contribution in [0.1, 0.15) is 23.1 Å². The zero-order valence-corrected chi connectivity index (χ0v) is 12.0. The number of hydrogen-bond acceptors (Lipinski definition) is 2. The fourth-order valence-electron chi connectivity index (χ4n) is 1.61. The van der Waals surface area contributed by atoms with Gasteiger partial charge in [-0.3, -0.25) is 0 Å². The lowest BCUT2D eigenvalue weighted by Gasteiger charge is -2.06. The van der Waals surface area contributed by atoms with E-state index in [1.54, 1.807) is 18.2 Å². The van der Waals surface area contributed by atoms with Gasteiger partial charge in [-0.15, -0.1) is 0 Å². The molecule has 0 fully saturated rings. The van der Waals surface area contributed by atoms with Gasteiger partial charge in [-0.05, 0) is 6.07 Å². The third-order valence-electron chi connectivity index (χ3n) is 2.61. The molecule has 2 nitrogen and oxygen atoms in total. The average molecular weight is 339 g/mol. The van der Waals surface area contributed by atoms with Crippen LogP contribution in [0, 0.1) is 0 Å². The van der Waals surface area contributed by atoms with Gasteiger partial charge in [-0.1, -0.05) is 63.6 Å². The molecule has 0 atom stereocenters. The Morgan fingerprint density at radius 2 is 1.80 bits per heavy atom. The Morgan fingerprint density at radius 3 is 2.55 bits per heavy atom. The summed E-state index contributed by atoms with van der Waals surface area (Å²) in [5, 5.41) is 3.67. The van der Waals surface area contributed by atoms with Gasteiger partial charge in [0.1, 0.15) is 12.8 Å². The molecule has 0 N–H and O–H groups in total. The van der Waals surface area contributed by atoms with Crippen LogP contribution in [0.4, 0.5) is 8.78 Å². The van der Waals surface area contributed by atoms with Crippen molar-refractivity contribution in [2.24, 2.45) is 5.16 Å². The SMILES string of the molecule is FC(F)c1ccccc1CO/N=[C]\c1ccccc1Br. The van der Waals surface area contributed by atoms with E-state index in [4.69, 9.17) is 4.84 Å². The monoisotopic (exact) mass is 338 g/mol. The van der Waals surface area contributed by atoms with Crippen molar-refractivity contribution in [3.63, 3.8) is 0 Å². The third kappa shape index (κ3) is 3.87. The van der Waals surface area contributed by atoms with Gasteiger partial charge in [0.25, 0.3) is 6.43 Å². The molecule has 0 amide bonds. The smallest absolute Gasteiger partial charge is 0.264 e. The number of benzene rings is 2. The highest BCUT2D eigenvalue weighted by Crippen LogP contribution is 2.23. The maximum atomic E-state index is 12.7. The molecule has 0 aliphatic heterocycles. The molecule has 20 heavy (non-hydrogen) atoms. The lowest BCUT2D eigenvalue weighted by Crippen LogP contribution is -1.96. The van der Waals surface area contributed by atoms with Gasteiger partial charge in [0.15, 0.2) is 0 Å². The lowest BCUT2D eigenvalue weighted by molar-refractivity contribution is 0.120. The standard InChI is InChI=1S/C15H11BrF2NO/c16-14-8-4-2-5-11(14)9-19-20-10-12-6-1-3-7-13(12)15(17)18/h1-8,15H,10H2. The summed E-state index contributed by atoms with van der Waals surface area (Å²) in [6.45, 7) is -0.0159. The first-order valence-corrected chi connectivity index (χ1v) is 6.66. The zero-order valence-electron chi connectivity index (χ0n) is 10.4. The summed E-state index contributed by atoms with van der Waals surface area (Å²) in [7, 11) is 0. The van der Waals surface area contributed by atoms with E-state index in [0.29, 0.717) is 5.56 Å². The summed E-state index contributed by atoms with van der Waals surface area (Å²) in [5.41, 5.74) is 1.11. The zero-order chi connectivity index (χ0) is 14.4. The van der Waals surface area contributed by atoms with Crippen LogP contribution in [0.2, 0.25) is 0 Å². The summed E-state index contributed by atoms with van der Waals surface area (Å²) in [6, 6.07) is 13.6. The molecular weight excluding hydrogens is 328 g/mol. The number of hydrogen-bond donors (Lipinski definition) is 0. The molecule has 0 saturated heterocycles. The summed E-state index contributed by atoms with van der Waals surface area (Å²) >= 11 is 3.35. The topological polar surface area (TPSA) is 21.6 Å². The van der Waals surface area contributed by atoms with E-state index in [-0.39, 0.29) is 12.2 Å². The number of halogens is 3. The minimum atomic E-state index is -2.52. The van der Waals surface area contributed by atoms with Crippen molar-refractivity contribution >= 4 is 22.1 Å². The van der Waals surface area contributed by atoms with Crippen LogP contribution in [0.15, 0.2) is 58.2 Å². The van der Waals surface area contributed by atoms with Crippen molar-refractivity contribution in [1.29, 1.82) is 0 Å². The first-order valence-electron chi connectivity index (χ1n) is 5.87. The predicted octanol–water partition coefficient (Wildman–Crippen LogP) is 4.81. The number of rotatable bonds is 5. The van der Waals surface area contributed by atoms with Crippen LogP contribution in [-0.2, 0) is 11.4 Å².